The Morgan fingerprint density at radius 3 is 2.39 bits per heavy atom. The molecule has 1 amide bonds. The van der Waals surface area contributed by atoms with E-state index in [4.69, 9.17) is 16.0 Å². The van der Waals surface area contributed by atoms with Gasteiger partial charge in [0, 0.05) is 5.02 Å². The van der Waals surface area contributed by atoms with Gasteiger partial charge in [-0.25, -0.2) is 0 Å². The lowest BCUT2D eigenvalue weighted by atomic mass is 9.78. The Balaban J connectivity index is 1.83. The van der Waals surface area contributed by atoms with E-state index in [0.717, 1.165) is 42.8 Å². The molecule has 1 heterocycles. The summed E-state index contributed by atoms with van der Waals surface area (Å²) in [4.78, 5) is 13.1. The van der Waals surface area contributed by atoms with E-state index >= 15 is 0 Å². The van der Waals surface area contributed by atoms with Crippen LogP contribution in [0.1, 0.15) is 55.7 Å². The maximum atomic E-state index is 13.1. The highest BCUT2D eigenvalue weighted by molar-refractivity contribution is 6.30. The van der Waals surface area contributed by atoms with Gasteiger partial charge in [-0.3, -0.25) is 4.79 Å². The number of furan rings is 1. The lowest BCUT2D eigenvalue weighted by Crippen LogP contribution is -2.43. The van der Waals surface area contributed by atoms with Crippen molar-refractivity contribution in [3.63, 3.8) is 0 Å². The topological polar surface area (TPSA) is 42.2 Å². The molecular weight excluding hydrogens is 310 g/mol. The summed E-state index contributed by atoms with van der Waals surface area (Å²) in [6.45, 7) is 3.87. The van der Waals surface area contributed by atoms with Gasteiger partial charge >= 0.3 is 0 Å². The lowest BCUT2D eigenvalue weighted by Gasteiger charge is -2.29. The molecule has 0 bridgehead atoms. The number of rotatable bonds is 4. The fourth-order valence-corrected chi connectivity index (χ4v) is 3.61. The molecule has 122 valence electrons. The van der Waals surface area contributed by atoms with Gasteiger partial charge in [-0.2, -0.15) is 0 Å². The second kappa shape index (κ2) is 6.40. The van der Waals surface area contributed by atoms with Crippen molar-refractivity contribution in [1.29, 1.82) is 0 Å². The molecule has 1 aromatic carbocycles. The van der Waals surface area contributed by atoms with Crippen LogP contribution in [0.2, 0.25) is 5.02 Å². The predicted molar refractivity (Wildman–Crippen MR) is 91.6 cm³/mol. The fourth-order valence-electron chi connectivity index (χ4n) is 3.49. The monoisotopic (exact) mass is 331 g/mol. The highest BCUT2D eigenvalue weighted by atomic mass is 35.5. The first kappa shape index (κ1) is 16.1. The van der Waals surface area contributed by atoms with Crippen LogP contribution < -0.4 is 5.32 Å². The second-order valence-electron chi connectivity index (χ2n) is 6.44. The molecule has 0 radical (unpaired) electrons. The normalized spacial score (nSPS) is 17.9. The summed E-state index contributed by atoms with van der Waals surface area (Å²) in [6, 6.07) is 11.4. The van der Waals surface area contributed by atoms with Gasteiger partial charge in [0.15, 0.2) is 0 Å². The standard InChI is InChI=1S/C19H22ClNO2/c1-13-5-10-17(23-13)14(2)21-18(22)19(11-3-4-12-19)15-6-8-16(20)9-7-15/h5-10,14H,3-4,11-12H2,1-2H3,(H,21,22). The summed E-state index contributed by atoms with van der Waals surface area (Å²) in [7, 11) is 0. The van der Waals surface area contributed by atoms with Crippen LogP contribution >= 0.6 is 11.6 Å². The Bertz CT molecular complexity index is 684. The minimum atomic E-state index is -0.444. The fraction of sp³-hybridized carbons (Fsp3) is 0.421. The van der Waals surface area contributed by atoms with Crippen LogP contribution in [0, 0.1) is 6.92 Å². The van der Waals surface area contributed by atoms with Gasteiger partial charge in [-0.05, 0) is 56.5 Å². The highest BCUT2D eigenvalue weighted by Gasteiger charge is 2.43. The Morgan fingerprint density at radius 1 is 1.17 bits per heavy atom. The SMILES string of the molecule is Cc1ccc(C(C)NC(=O)C2(c3ccc(Cl)cc3)CCCC2)o1. The lowest BCUT2D eigenvalue weighted by molar-refractivity contribution is -0.127. The van der Waals surface area contributed by atoms with Crippen LogP contribution in [0.5, 0.6) is 0 Å². The number of benzene rings is 1. The maximum Gasteiger partial charge on any atom is 0.231 e. The van der Waals surface area contributed by atoms with Crippen LogP contribution in [0.3, 0.4) is 0 Å². The summed E-state index contributed by atoms with van der Waals surface area (Å²) >= 11 is 6.00. The summed E-state index contributed by atoms with van der Waals surface area (Å²) in [6.07, 6.45) is 3.91. The minimum absolute atomic E-state index is 0.0823. The zero-order valence-corrected chi connectivity index (χ0v) is 14.3. The van der Waals surface area contributed by atoms with Crippen LogP contribution in [0.4, 0.5) is 0 Å². The van der Waals surface area contributed by atoms with E-state index in [2.05, 4.69) is 5.32 Å². The smallest absolute Gasteiger partial charge is 0.231 e. The molecule has 0 saturated heterocycles. The number of hydrogen-bond donors (Lipinski definition) is 1. The van der Waals surface area contributed by atoms with E-state index in [1.165, 1.54) is 0 Å². The highest BCUT2D eigenvalue weighted by Crippen LogP contribution is 2.42. The van der Waals surface area contributed by atoms with Crippen molar-refractivity contribution >= 4 is 17.5 Å². The average molecular weight is 332 g/mol. The first-order valence-electron chi connectivity index (χ1n) is 8.15. The molecular formula is C19H22ClNO2. The van der Waals surface area contributed by atoms with Crippen LogP contribution in [-0.4, -0.2) is 5.91 Å². The summed E-state index contributed by atoms with van der Waals surface area (Å²) in [5.41, 5.74) is 0.611. The molecule has 1 atom stereocenters. The van der Waals surface area contributed by atoms with Crippen molar-refractivity contribution in [3.05, 3.63) is 58.5 Å². The van der Waals surface area contributed by atoms with Crippen LogP contribution in [-0.2, 0) is 10.2 Å². The maximum absolute atomic E-state index is 13.1. The largest absolute Gasteiger partial charge is 0.464 e. The molecule has 3 nitrogen and oxygen atoms in total. The second-order valence-corrected chi connectivity index (χ2v) is 6.88. The molecule has 1 aliphatic carbocycles. The molecule has 1 N–H and O–H groups in total. The Kier molecular flexibility index (Phi) is 4.49. The Labute approximate surface area is 142 Å². The molecule has 1 fully saturated rings. The number of carbonyl (C=O) groups is 1. The number of aryl methyl sites for hydroxylation is 1. The van der Waals surface area contributed by atoms with Crippen molar-refractivity contribution in [3.8, 4) is 0 Å². The minimum Gasteiger partial charge on any atom is -0.464 e. The van der Waals surface area contributed by atoms with E-state index < -0.39 is 5.41 Å². The molecule has 0 spiro atoms. The predicted octanol–water partition coefficient (Wildman–Crippen LogP) is 4.93. The number of amides is 1. The van der Waals surface area contributed by atoms with Crippen molar-refractivity contribution in [1.82, 2.24) is 5.32 Å². The molecule has 1 aromatic heterocycles. The van der Waals surface area contributed by atoms with Crippen LogP contribution in [0.15, 0.2) is 40.8 Å². The van der Waals surface area contributed by atoms with Crippen LogP contribution in [0.25, 0.3) is 0 Å². The van der Waals surface area contributed by atoms with E-state index in [1.807, 2.05) is 50.2 Å². The quantitative estimate of drug-likeness (QED) is 0.863. The van der Waals surface area contributed by atoms with Gasteiger partial charge in [0.25, 0.3) is 0 Å². The molecule has 23 heavy (non-hydrogen) atoms. The van der Waals surface area contributed by atoms with Gasteiger partial charge in [-0.1, -0.05) is 36.6 Å². The third-order valence-corrected chi connectivity index (χ3v) is 5.08. The van der Waals surface area contributed by atoms with E-state index in [0.29, 0.717) is 5.02 Å². The zero-order valence-electron chi connectivity index (χ0n) is 13.6. The summed E-state index contributed by atoms with van der Waals surface area (Å²) in [5.74, 6) is 1.73. The Hall–Kier alpha value is -1.74. The molecule has 1 aliphatic rings. The molecule has 2 aromatic rings. The van der Waals surface area contributed by atoms with E-state index in [9.17, 15) is 4.79 Å². The number of hydrogen-bond acceptors (Lipinski definition) is 2. The third-order valence-electron chi connectivity index (χ3n) is 4.82. The molecule has 4 heteroatoms. The van der Waals surface area contributed by atoms with Crippen molar-refractivity contribution in [2.45, 2.75) is 51.0 Å². The molecule has 0 aliphatic heterocycles. The first-order valence-corrected chi connectivity index (χ1v) is 8.52. The Morgan fingerprint density at radius 2 is 1.83 bits per heavy atom. The van der Waals surface area contributed by atoms with Gasteiger partial charge in [0.1, 0.15) is 11.5 Å². The van der Waals surface area contributed by atoms with E-state index in [-0.39, 0.29) is 11.9 Å². The number of halogens is 1. The van der Waals surface area contributed by atoms with Gasteiger partial charge in [0.05, 0.1) is 11.5 Å². The van der Waals surface area contributed by atoms with Crippen molar-refractivity contribution in [2.75, 3.05) is 0 Å². The van der Waals surface area contributed by atoms with Crippen molar-refractivity contribution < 1.29 is 9.21 Å². The van der Waals surface area contributed by atoms with Gasteiger partial charge in [0.2, 0.25) is 5.91 Å². The molecule has 3 rings (SSSR count). The third kappa shape index (κ3) is 3.16. The average Bonchev–Trinajstić information content (AvgIpc) is 3.17. The van der Waals surface area contributed by atoms with Gasteiger partial charge in [-0.15, -0.1) is 0 Å². The van der Waals surface area contributed by atoms with E-state index in [1.54, 1.807) is 0 Å². The molecule has 1 saturated carbocycles. The first-order chi connectivity index (χ1) is 11.0. The van der Waals surface area contributed by atoms with Gasteiger partial charge < -0.3 is 9.73 Å². The number of nitrogens with one attached hydrogen (secondary N) is 1. The number of carbonyl (C=O) groups excluding carboxylic acids is 1. The van der Waals surface area contributed by atoms with Crippen molar-refractivity contribution in [2.24, 2.45) is 0 Å². The zero-order chi connectivity index (χ0) is 16.4. The summed E-state index contributed by atoms with van der Waals surface area (Å²) in [5, 5.41) is 3.84. The summed E-state index contributed by atoms with van der Waals surface area (Å²) < 4.78 is 5.63. The molecule has 1 unspecified atom stereocenters.